The summed E-state index contributed by atoms with van der Waals surface area (Å²) in [7, 11) is 0. The molecule has 4 heteroatoms. The number of benzene rings is 1. The molecular weight excluding hydrogens is 217 g/mol. The third-order valence-corrected chi connectivity index (χ3v) is 2.87. The second-order valence-electron chi connectivity index (χ2n) is 4.17. The van der Waals surface area contributed by atoms with Gasteiger partial charge in [0.2, 0.25) is 0 Å². The lowest BCUT2D eigenvalue weighted by molar-refractivity contribution is 0.628. The van der Waals surface area contributed by atoms with Gasteiger partial charge in [-0.3, -0.25) is 5.10 Å². The molecule has 0 bridgehead atoms. The lowest BCUT2D eigenvalue weighted by Crippen LogP contribution is -1.94. The summed E-state index contributed by atoms with van der Waals surface area (Å²) in [4.78, 5) is 0. The molecule has 0 unspecified atom stereocenters. The first-order chi connectivity index (χ1) is 8.13. The van der Waals surface area contributed by atoms with Crippen LogP contribution in [0.3, 0.4) is 0 Å². The molecule has 1 aromatic carbocycles. The Kier molecular flexibility index (Phi) is 3.13. The highest BCUT2D eigenvalue weighted by molar-refractivity contribution is 5.70. The Morgan fingerprint density at radius 3 is 2.88 bits per heavy atom. The number of aromatic nitrogens is 2. The van der Waals surface area contributed by atoms with Crippen LogP contribution in [0.15, 0.2) is 18.2 Å². The molecule has 0 amide bonds. The highest BCUT2D eigenvalue weighted by Gasteiger charge is 2.14. The molecule has 90 valence electrons. The maximum Gasteiger partial charge on any atom is 0.149 e. The number of nitrogens with zero attached hydrogens (tertiary/aromatic N) is 1. The molecule has 0 saturated carbocycles. The molecule has 0 spiro atoms. The van der Waals surface area contributed by atoms with Crippen LogP contribution in [0.5, 0.6) is 0 Å². The van der Waals surface area contributed by atoms with Crippen molar-refractivity contribution in [2.24, 2.45) is 0 Å². The van der Waals surface area contributed by atoms with Gasteiger partial charge >= 0.3 is 0 Å². The van der Waals surface area contributed by atoms with E-state index in [4.69, 9.17) is 5.73 Å². The van der Waals surface area contributed by atoms with Crippen LogP contribution in [0, 0.1) is 12.7 Å². The van der Waals surface area contributed by atoms with Gasteiger partial charge in [0.25, 0.3) is 0 Å². The van der Waals surface area contributed by atoms with E-state index in [0.29, 0.717) is 5.82 Å². The zero-order chi connectivity index (χ0) is 12.4. The molecule has 0 fully saturated rings. The molecule has 0 aliphatic carbocycles. The van der Waals surface area contributed by atoms with Crippen molar-refractivity contribution in [1.82, 2.24) is 10.2 Å². The van der Waals surface area contributed by atoms with E-state index < -0.39 is 0 Å². The molecule has 0 aliphatic heterocycles. The SMILES string of the molecule is CCCc1c(N)n[nH]c1-c1cc(F)ccc1C. The van der Waals surface area contributed by atoms with Crippen LogP contribution in [0.1, 0.15) is 24.5 Å². The van der Waals surface area contributed by atoms with Crippen molar-refractivity contribution in [2.75, 3.05) is 5.73 Å². The fraction of sp³-hybridized carbons (Fsp3) is 0.308. The van der Waals surface area contributed by atoms with Gasteiger partial charge in [-0.1, -0.05) is 19.4 Å². The van der Waals surface area contributed by atoms with Crippen LogP contribution in [-0.2, 0) is 6.42 Å². The Labute approximate surface area is 99.9 Å². The van der Waals surface area contributed by atoms with Crippen molar-refractivity contribution >= 4 is 5.82 Å². The van der Waals surface area contributed by atoms with Gasteiger partial charge in [0, 0.05) is 11.1 Å². The summed E-state index contributed by atoms with van der Waals surface area (Å²) in [6.07, 6.45) is 1.82. The third-order valence-electron chi connectivity index (χ3n) is 2.87. The normalized spacial score (nSPS) is 10.8. The van der Waals surface area contributed by atoms with E-state index in [1.54, 1.807) is 6.07 Å². The number of nitrogens with one attached hydrogen (secondary N) is 1. The fourth-order valence-corrected chi connectivity index (χ4v) is 1.97. The zero-order valence-electron chi connectivity index (χ0n) is 10.0. The first-order valence-electron chi connectivity index (χ1n) is 5.72. The third kappa shape index (κ3) is 2.16. The molecule has 17 heavy (non-hydrogen) atoms. The number of aromatic amines is 1. The molecular formula is C13H16FN3. The molecule has 0 radical (unpaired) electrons. The second kappa shape index (κ2) is 4.57. The molecule has 3 N–H and O–H groups in total. The molecule has 3 nitrogen and oxygen atoms in total. The second-order valence-corrected chi connectivity index (χ2v) is 4.17. The Morgan fingerprint density at radius 2 is 2.18 bits per heavy atom. The predicted molar refractivity (Wildman–Crippen MR) is 67.1 cm³/mol. The van der Waals surface area contributed by atoms with Crippen LogP contribution in [0.4, 0.5) is 10.2 Å². The Hall–Kier alpha value is -1.84. The maximum absolute atomic E-state index is 13.3. The minimum atomic E-state index is -0.249. The van der Waals surface area contributed by atoms with E-state index in [0.717, 1.165) is 35.2 Å². The summed E-state index contributed by atoms with van der Waals surface area (Å²) in [5, 5.41) is 6.91. The average Bonchev–Trinajstić information content (AvgIpc) is 2.65. The van der Waals surface area contributed by atoms with Gasteiger partial charge in [-0.05, 0) is 31.0 Å². The average molecular weight is 233 g/mol. The van der Waals surface area contributed by atoms with Crippen LogP contribution in [0.2, 0.25) is 0 Å². The quantitative estimate of drug-likeness (QED) is 0.856. The molecule has 2 aromatic rings. The molecule has 1 aromatic heterocycles. The number of hydrogen-bond acceptors (Lipinski definition) is 2. The molecule has 2 rings (SSSR count). The topological polar surface area (TPSA) is 54.7 Å². The highest BCUT2D eigenvalue weighted by atomic mass is 19.1. The Balaban J connectivity index is 2.56. The number of H-pyrrole nitrogens is 1. The number of anilines is 1. The van der Waals surface area contributed by atoms with Gasteiger partial charge in [-0.15, -0.1) is 0 Å². The number of rotatable bonds is 3. The largest absolute Gasteiger partial charge is 0.382 e. The summed E-state index contributed by atoms with van der Waals surface area (Å²) >= 11 is 0. The van der Waals surface area contributed by atoms with Gasteiger partial charge in [0.1, 0.15) is 11.6 Å². The number of hydrogen-bond donors (Lipinski definition) is 2. The van der Waals surface area contributed by atoms with Crippen molar-refractivity contribution in [3.63, 3.8) is 0 Å². The summed E-state index contributed by atoms with van der Waals surface area (Å²) in [6, 6.07) is 4.73. The van der Waals surface area contributed by atoms with E-state index in [2.05, 4.69) is 17.1 Å². The number of nitrogens with two attached hydrogens (primary N) is 1. The van der Waals surface area contributed by atoms with Gasteiger partial charge in [0.15, 0.2) is 0 Å². The standard InChI is InChI=1S/C13H16FN3/c1-3-4-10-12(16-17-13(10)15)11-7-9(14)6-5-8(11)2/h5-7H,3-4H2,1-2H3,(H3,15,16,17). The number of nitrogen functional groups attached to an aromatic ring is 1. The van der Waals surface area contributed by atoms with Crippen molar-refractivity contribution in [3.8, 4) is 11.3 Å². The lowest BCUT2D eigenvalue weighted by Gasteiger charge is -2.06. The van der Waals surface area contributed by atoms with E-state index in [1.807, 2.05) is 6.92 Å². The van der Waals surface area contributed by atoms with E-state index in [1.165, 1.54) is 12.1 Å². The number of halogens is 1. The minimum absolute atomic E-state index is 0.249. The zero-order valence-corrected chi connectivity index (χ0v) is 10.0. The summed E-state index contributed by atoms with van der Waals surface area (Å²) < 4.78 is 13.3. The van der Waals surface area contributed by atoms with Crippen molar-refractivity contribution < 1.29 is 4.39 Å². The summed E-state index contributed by atoms with van der Waals surface area (Å²) in [6.45, 7) is 4.02. The van der Waals surface area contributed by atoms with Crippen LogP contribution < -0.4 is 5.73 Å². The minimum Gasteiger partial charge on any atom is -0.382 e. The molecule has 0 aliphatic rings. The highest BCUT2D eigenvalue weighted by Crippen LogP contribution is 2.29. The number of aryl methyl sites for hydroxylation is 1. The monoisotopic (exact) mass is 233 g/mol. The first kappa shape index (κ1) is 11.6. The fourth-order valence-electron chi connectivity index (χ4n) is 1.97. The Bertz CT molecular complexity index is 531. The molecule has 0 atom stereocenters. The molecule has 0 saturated heterocycles. The van der Waals surface area contributed by atoms with Gasteiger partial charge < -0.3 is 5.73 Å². The van der Waals surface area contributed by atoms with E-state index >= 15 is 0 Å². The van der Waals surface area contributed by atoms with Crippen molar-refractivity contribution in [2.45, 2.75) is 26.7 Å². The molecule has 1 heterocycles. The van der Waals surface area contributed by atoms with E-state index in [-0.39, 0.29) is 5.82 Å². The first-order valence-corrected chi connectivity index (χ1v) is 5.72. The van der Waals surface area contributed by atoms with Crippen molar-refractivity contribution in [1.29, 1.82) is 0 Å². The summed E-state index contributed by atoms with van der Waals surface area (Å²) in [5.41, 5.74) is 9.46. The van der Waals surface area contributed by atoms with Crippen LogP contribution >= 0.6 is 0 Å². The Morgan fingerprint density at radius 1 is 1.41 bits per heavy atom. The smallest absolute Gasteiger partial charge is 0.149 e. The van der Waals surface area contributed by atoms with Gasteiger partial charge in [-0.2, -0.15) is 5.10 Å². The van der Waals surface area contributed by atoms with Gasteiger partial charge in [0.05, 0.1) is 5.69 Å². The maximum atomic E-state index is 13.3. The summed E-state index contributed by atoms with van der Waals surface area (Å²) in [5.74, 6) is 0.256. The van der Waals surface area contributed by atoms with Gasteiger partial charge in [-0.25, -0.2) is 4.39 Å². The van der Waals surface area contributed by atoms with Crippen LogP contribution in [-0.4, -0.2) is 10.2 Å². The van der Waals surface area contributed by atoms with Crippen molar-refractivity contribution in [3.05, 3.63) is 35.1 Å². The predicted octanol–water partition coefficient (Wildman–Crippen LogP) is 3.06. The van der Waals surface area contributed by atoms with E-state index in [9.17, 15) is 4.39 Å². The lowest BCUT2D eigenvalue weighted by atomic mass is 10.00. The van der Waals surface area contributed by atoms with Crippen LogP contribution in [0.25, 0.3) is 11.3 Å².